The standard InChI is InChI=1S/C10H10N2O2/c1-12-9(14)5-7(11)6-3-2-4-8(13)10(6)12/h2-5,13H,11H2,1H3. The van der Waals surface area contributed by atoms with Crippen molar-refractivity contribution in [3.05, 3.63) is 34.6 Å². The zero-order valence-corrected chi connectivity index (χ0v) is 7.69. The maximum atomic E-state index is 11.4. The Morgan fingerprint density at radius 1 is 1.43 bits per heavy atom. The van der Waals surface area contributed by atoms with Gasteiger partial charge in [-0.2, -0.15) is 0 Å². The van der Waals surface area contributed by atoms with Gasteiger partial charge in [-0.25, -0.2) is 0 Å². The van der Waals surface area contributed by atoms with E-state index in [0.29, 0.717) is 16.6 Å². The highest BCUT2D eigenvalue weighted by Gasteiger charge is 2.06. The van der Waals surface area contributed by atoms with Crippen molar-refractivity contribution in [2.24, 2.45) is 7.05 Å². The van der Waals surface area contributed by atoms with Crippen molar-refractivity contribution in [1.29, 1.82) is 0 Å². The van der Waals surface area contributed by atoms with Crippen LogP contribution < -0.4 is 11.3 Å². The minimum Gasteiger partial charge on any atom is -0.506 e. The molecule has 1 aromatic heterocycles. The van der Waals surface area contributed by atoms with E-state index in [4.69, 9.17) is 5.73 Å². The zero-order chi connectivity index (χ0) is 10.3. The van der Waals surface area contributed by atoms with Crippen LogP contribution in [0, 0.1) is 0 Å². The third-order valence-corrected chi connectivity index (χ3v) is 2.27. The second-order valence-electron chi connectivity index (χ2n) is 3.17. The van der Waals surface area contributed by atoms with Crippen LogP contribution in [0.2, 0.25) is 0 Å². The van der Waals surface area contributed by atoms with Crippen molar-refractivity contribution >= 4 is 16.6 Å². The van der Waals surface area contributed by atoms with Crippen LogP contribution in [0.4, 0.5) is 5.69 Å². The number of nitrogens with zero attached hydrogens (tertiary/aromatic N) is 1. The first-order valence-electron chi connectivity index (χ1n) is 4.18. The molecule has 0 aliphatic heterocycles. The average Bonchev–Trinajstić information content (AvgIpc) is 2.14. The van der Waals surface area contributed by atoms with E-state index in [-0.39, 0.29) is 11.3 Å². The summed E-state index contributed by atoms with van der Waals surface area (Å²) >= 11 is 0. The fourth-order valence-corrected chi connectivity index (χ4v) is 1.53. The first-order valence-corrected chi connectivity index (χ1v) is 4.18. The van der Waals surface area contributed by atoms with Crippen molar-refractivity contribution in [1.82, 2.24) is 4.57 Å². The summed E-state index contributed by atoms with van der Waals surface area (Å²) in [5.41, 5.74) is 6.30. The average molecular weight is 190 g/mol. The number of pyridine rings is 1. The van der Waals surface area contributed by atoms with Crippen molar-refractivity contribution in [3.8, 4) is 5.75 Å². The molecule has 0 aliphatic rings. The Labute approximate surface area is 80.2 Å². The van der Waals surface area contributed by atoms with E-state index in [9.17, 15) is 9.90 Å². The number of nitrogens with two attached hydrogens (primary N) is 1. The van der Waals surface area contributed by atoms with Crippen molar-refractivity contribution in [2.75, 3.05) is 5.73 Å². The minimum atomic E-state index is -0.225. The fraction of sp³-hybridized carbons (Fsp3) is 0.100. The first kappa shape index (κ1) is 8.62. The third-order valence-electron chi connectivity index (χ3n) is 2.27. The van der Waals surface area contributed by atoms with Gasteiger partial charge in [-0.3, -0.25) is 4.79 Å². The molecule has 1 aromatic carbocycles. The van der Waals surface area contributed by atoms with E-state index in [0.717, 1.165) is 0 Å². The molecule has 0 spiro atoms. The van der Waals surface area contributed by atoms with E-state index >= 15 is 0 Å². The molecule has 72 valence electrons. The number of nitrogen functional groups attached to an aromatic ring is 1. The predicted molar refractivity (Wildman–Crippen MR) is 55.3 cm³/mol. The summed E-state index contributed by atoms with van der Waals surface area (Å²) in [4.78, 5) is 11.4. The van der Waals surface area contributed by atoms with Gasteiger partial charge in [0.25, 0.3) is 5.56 Å². The van der Waals surface area contributed by atoms with Gasteiger partial charge in [-0.1, -0.05) is 12.1 Å². The molecular weight excluding hydrogens is 180 g/mol. The Kier molecular flexibility index (Phi) is 1.70. The third kappa shape index (κ3) is 1.04. The molecule has 0 unspecified atom stereocenters. The molecule has 0 saturated heterocycles. The molecule has 0 bridgehead atoms. The summed E-state index contributed by atoms with van der Waals surface area (Å²) in [5, 5.41) is 10.3. The fourth-order valence-electron chi connectivity index (χ4n) is 1.53. The van der Waals surface area contributed by atoms with E-state index in [2.05, 4.69) is 0 Å². The van der Waals surface area contributed by atoms with E-state index in [1.165, 1.54) is 16.7 Å². The Hall–Kier alpha value is -1.97. The Balaban J connectivity index is 3.11. The molecule has 0 fully saturated rings. The summed E-state index contributed by atoms with van der Waals surface area (Å²) in [6.45, 7) is 0. The number of aromatic hydroxyl groups is 1. The quantitative estimate of drug-likeness (QED) is 0.646. The highest BCUT2D eigenvalue weighted by Crippen LogP contribution is 2.25. The monoisotopic (exact) mass is 190 g/mol. The molecule has 2 rings (SSSR count). The summed E-state index contributed by atoms with van der Waals surface area (Å²) < 4.78 is 1.38. The molecule has 0 atom stereocenters. The highest BCUT2D eigenvalue weighted by atomic mass is 16.3. The van der Waals surface area contributed by atoms with Crippen LogP contribution in [-0.4, -0.2) is 9.67 Å². The molecule has 0 aliphatic carbocycles. The second kappa shape index (κ2) is 2.77. The van der Waals surface area contributed by atoms with Crippen LogP contribution in [0.1, 0.15) is 0 Å². The van der Waals surface area contributed by atoms with E-state index in [1.807, 2.05) is 0 Å². The lowest BCUT2D eigenvalue weighted by atomic mass is 10.1. The molecule has 4 nitrogen and oxygen atoms in total. The minimum absolute atomic E-state index is 0.0643. The number of phenolic OH excluding ortho intramolecular Hbond substituents is 1. The number of para-hydroxylation sites is 1. The Bertz CT molecular complexity index is 558. The van der Waals surface area contributed by atoms with Crippen molar-refractivity contribution in [2.45, 2.75) is 0 Å². The van der Waals surface area contributed by atoms with E-state index in [1.54, 1.807) is 19.2 Å². The van der Waals surface area contributed by atoms with Gasteiger partial charge >= 0.3 is 0 Å². The summed E-state index contributed by atoms with van der Waals surface area (Å²) in [6.07, 6.45) is 0. The van der Waals surface area contributed by atoms with Gasteiger partial charge in [-0.15, -0.1) is 0 Å². The van der Waals surface area contributed by atoms with Gasteiger partial charge in [0.05, 0.1) is 5.52 Å². The number of hydrogen-bond acceptors (Lipinski definition) is 3. The maximum Gasteiger partial charge on any atom is 0.252 e. The summed E-state index contributed by atoms with van der Waals surface area (Å²) in [5.74, 6) is 0.0643. The largest absolute Gasteiger partial charge is 0.506 e. The number of aromatic nitrogens is 1. The van der Waals surface area contributed by atoms with Crippen LogP contribution >= 0.6 is 0 Å². The SMILES string of the molecule is Cn1c(=O)cc(N)c2cccc(O)c21. The molecule has 1 heterocycles. The topological polar surface area (TPSA) is 68.2 Å². The van der Waals surface area contributed by atoms with Crippen LogP contribution in [0.5, 0.6) is 5.75 Å². The molecule has 0 saturated carbocycles. The number of rotatable bonds is 0. The number of phenols is 1. The number of benzene rings is 1. The molecule has 14 heavy (non-hydrogen) atoms. The number of fused-ring (bicyclic) bond motifs is 1. The number of aryl methyl sites for hydroxylation is 1. The first-order chi connectivity index (χ1) is 6.61. The Morgan fingerprint density at radius 2 is 2.14 bits per heavy atom. The van der Waals surface area contributed by atoms with Gasteiger partial charge in [0.1, 0.15) is 5.75 Å². The lowest BCUT2D eigenvalue weighted by molar-refractivity contribution is 0.478. The normalized spacial score (nSPS) is 10.6. The van der Waals surface area contributed by atoms with Crippen LogP contribution in [0.15, 0.2) is 29.1 Å². The van der Waals surface area contributed by atoms with Gasteiger partial charge in [0, 0.05) is 24.2 Å². The molecule has 0 radical (unpaired) electrons. The van der Waals surface area contributed by atoms with Crippen LogP contribution in [-0.2, 0) is 7.05 Å². The summed E-state index contributed by atoms with van der Waals surface area (Å²) in [7, 11) is 1.60. The van der Waals surface area contributed by atoms with Gasteiger partial charge in [0.15, 0.2) is 0 Å². The molecule has 4 heteroatoms. The maximum absolute atomic E-state index is 11.4. The lowest BCUT2D eigenvalue weighted by Crippen LogP contribution is -2.16. The molecule has 3 N–H and O–H groups in total. The van der Waals surface area contributed by atoms with Gasteiger partial charge in [0.2, 0.25) is 0 Å². The molecule has 2 aromatic rings. The summed E-state index contributed by atoms with van der Waals surface area (Å²) in [6, 6.07) is 6.34. The number of anilines is 1. The Morgan fingerprint density at radius 3 is 2.86 bits per heavy atom. The van der Waals surface area contributed by atoms with Crippen LogP contribution in [0.3, 0.4) is 0 Å². The molecule has 0 amide bonds. The molecular formula is C10H10N2O2. The zero-order valence-electron chi connectivity index (χ0n) is 7.69. The predicted octanol–water partition coefficient (Wildman–Crippen LogP) is 0.826. The number of hydrogen-bond donors (Lipinski definition) is 2. The van der Waals surface area contributed by atoms with Gasteiger partial charge in [-0.05, 0) is 6.07 Å². The smallest absolute Gasteiger partial charge is 0.252 e. The van der Waals surface area contributed by atoms with Gasteiger partial charge < -0.3 is 15.4 Å². The van der Waals surface area contributed by atoms with Crippen LogP contribution in [0.25, 0.3) is 10.9 Å². The van der Waals surface area contributed by atoms with Crippen molar-refractivity contribution < 1.29 is 5.11 Å². The van der Waals surface area contributed by atoms with E-state index < -0.39 is 0 Å². The lowest BCUT2D eigenvalue weighted by Gasteiger charge is -2.07. The highest BCUT2D eigenvalue weighted by molar-refractivity contribution is 5.93. The second-order valence-corrected chi connectivity index (χ2v) is 3.17. The van der Waals surface area contributed by atoms with Crippen molar-refractivity contribution in [3.63, 3.8) is 0 Å².